The quantitative estimate of drug-likeness (QED) is 0.558. The van der Waals surface area contributed by atoms with Gasteiger partial charge in [0.25, 0.3) is 0 Å². The molecule has 1 aliphatic rings. The Hall–Kier alpha value is -0.0800. The topological polar surface area (TPSA) is 38.0 Å². The molecule has 1 saturated carbocycles. The van der Waals surface area contributed by atoms with Gasteiger partial charge in [-0.1, -0.05) is 19.8 Å². The maximum absolute atomic E-state index is 5.97. The molecule has 2 heteroatoms. The van der Waals surface area contributed by atoms with Gasteiger partial charge in [0.15, 0.2) is 0 Å². The van der Waals surface area contributed by atoms with Gasteiger partial charge in [-0.15, -0.1) is 0 Å². The van der Waals surface area contributed by atoms with Crippen molar-refractivity contribution in [2.45, 2.75) is 77.3 Å². The van der Waals surface area contributed by atoms with Crippen molar-refractivity contribution in [1.82, 2.24) is 5.32 Å². The summed E-state index contributed by atoms with van der Waals surface area (Å²) in [5.74, 6) is 0.940. The van der Waals surface area contributed by atoms with Crippen LogP contribution in [-0.2, 0) is 0 Å². The van der Waals surface area contributed by atoms with Crippen LogP contribution < -0.4 is 11.1 Å². The molecule has 0 aromatic rings. The number of hydrogen-bond donors (Lipinski definition) is 2. The molecular weight excluding hydrogens is 196 g/mol. The van der Waals surface area contributed by atoms with Crippen molar-refractivity contribution in [3.8, 4) is 0 Å². The summed E-state index contributed by atoms with van der Waals surface area (Å²) in [7, 11) is 0. The Morgan fingerprint density at radius 2 is 1.94 bits per heavy atom. The molecule has 2 nitrogen and oxygen atoms in total. The van der Waals surface area contributed by atoms with Crippen LogP contribution in [0.5, 0.6) is 0 Å². The van der Waals surface area contributed by atoms with Crippen molar-refractivity contribution in [1.29, 1.82) is 0 Å². The lowest BCUT2D eigenvalue weighted by molar-refractivity contribution is 0.409. The first-order valence-corrected chi connectivity index (χ1v) is 6.99. The smallest absolute Gasteiger partial charge is 0.00975 e. The Bertz CT molecular complexity index is 184. The molecule has 0 heterocycles. The lowest BCUT2D eigenvalue weighted by Crippen LogP contribution is -2.34. The SMILES string of the molecule is CC1CCCC(NCCCC(C)(C)N)CC1. The average Bonchev–Trinajstić information content (AvgIpc) is 2.37. The van der Waals surface area contributed by atoms with Crippen molar-refractivity contribution in [2.24, 2.45) is 11.7 Å². The van der Waals surface area contributed by atoms with Gasteiger partial charge in [0.1, 0.15) is 0 Å². The summed E-state index contributed by atoms with van der Waals surface area (Å²) < 4.78 is 0. The van der Waals surface area contributed by atoms with Gasteiger partial charge in [0.2, 0.25) is 0 Å². The van der Waals surface area contributed by atoms with Crippen molar-refractivity contribution in [3.05, 3.63) is 0 Å². The first-order chi connectivity index (χ1) is 7.47. The predicted molar refractivity (Wildman–Crippen MR) is 71.5 cm³/mol. The third-order valence-corrected chi connectivity index (χ3v) is 3.69. The molecule has 2 unspecified atom stereocenters. The summed E-state index contributed by atoms with van der Waals surface area (Å²) in [6.07, 6.45) is 9.29. The van der Waals surface area contributed by atoms with E-state index in [-0.39, 0.29) is 5.54 Å². The second kappa shape index (κ2) is 6.61. The van der Waals surface area contributed by atoms with Crippen LogP contribution in [0.1, 0.15) is 65.7 Å². The predicted octanol–water partition coefficient (Wildman–Crippen LogP) is 3.06. The minimum Gasteiger partial charge on any atom is -0.326 e. The minimum atomic E-state index is -0.000349. The molecule has 0 aromatic heterocycles. The molecule has 96 valence electrons. The highest BCUT2D eigenvalue weighted by atomic mass is 14.9. The summed E-state index contributed by atoms with van der Waals surface area (Å²) in [5.41, 5.74) is 5.97. The van der Waals surface area contributed by atoms with E-state index in [2.05, 4.69) is 26.1 Å². The Balaban J connectivity index is 2.08. The van der Waals surface area contributed by atoms with Crippen LogP contribution >= 0.6 is 0 Å². The molecule has 0 spiro atoms. The Morgan fingerprint density at radius 1 is 1.19 bits per heavy atom. The standard InChI is InChI=1S/C14H30N2/c1-12-6-4-7-13(9-8-12)16-11-5-10-14(2,3)15/h12-13,16H,4-11,15H2,1-3H3. The molecule has 16 heavy (non-hydrogen) atoms. The van der Waals surface area contributed by atoms with Crippen molar-refractivity contribution < 1.29 is 0 Å². The minimum absolute atomic E-state index is 0.000349. The van der Waals surface area contributed by atoms with Crippen molar-refractivity contribution in [3.63, 3.8) is 0 Å². The van der Waals surface area contributed by atoms with Crippen LogP contribution in [0.4, 0.5) is 0 Å². The van der Waals surface area contributed by atoms with Crippen LogP contribution in [0, 0.1) is 5.92 Å². The highest BCUT2D eigenvalue weighted by Gasteiger charge is 2.15. The number of nitrogens with two attached hydrogens (primary N) is 1. The zero-order chi connectivity index (χ0) is 12.0. The molecule has 0 amide bonds. The van der Waals surface area contributed by atoms with Gasteiger partial charge in [-0.05, 0) is 58.4 Å². The van der Waals surface area contributed by atoms with Crippen LogP contribution in [0.3, 0.4) is 0 Å². The van der Waals surface area contributed by atoms with E-state index in [4.69, 9.17) is 5.73 Å². The van der Waals surface area contributed by atoms with Gasteiger partial charge in [0.05, 0.1) is 0 Å². The second-order valence-electron chi connectivity index (χ2n) is 6.36. The van der Waals surface area contributed by atoms with E-state index in [1.165, 1.54) is 38.5 Å². The van der Waals surface area contributed by atoms with E-state index in [0.717, 1.165) is 24.9 Å². The molecule has 1 rings (SSSR count). The summed E-state index contributed by atoms with van der Waals surface area (Å²) >= 11 is 0. The molecule has 3 N–H and O–H groups in total. The van der Waals surface area contributed by atoms with Crippen LogP contribution in [0.25, 0.3) is 0 Å². The number of rotatable bonds is 5. The third-order valence-electron chi connectivity index (χ3n) is 3.69. The molecule has 0 aromatic carbocycles. The van der Waals surface area contributed by atoms with E-state index < -0.39 is 0 Å². The first kappa shape index (κ1) is 14.0. The highest BCUT2D eigenvalue weighted by Crippen LogP contribution is 2.22. The van der Waals surface area contributed by atoms with E-state index in [1.54, 1.807) is 0 Å². The summed E-state index contributed by atoms with van der Waals surface area (Å²) in [5, 5.41) is 3.70. The van der Waals surface area contributed by atoms with Crippen molar-refractivity contribution >= 4 is 0 Å². The molecule has 2 atom stereocenters. The van der Waals surface area contributed by atoms with E-state index >= 15 is 0 Å². The lowest BCUT2D eigenvalue weighted by Gasteiger charge is -2.20. The maximum Gasteiger partial charge on any atom is 0.00975 e. The zero-order valence-electron chi connectivity index (χ0n) is 11.4. The lowest BCUT2D eigenvalue weighted by atomic mass is 10.00. The highest BCUT2D eigenvalue weighted by molar-refractivity contribution is 4.75. The molecule has 1 fully saturated rings. The maximum atomic E-state index is 5.97. The van der Waals surface area contributed by atoms with Gasteiger partial charge < -0.3 is 11.1 Å². The molecule has 0 radical (unpaired) electrons. The van der Waals surface area contributed by atoms with Gasteiger partial charge in [-0.3, -0.25) is 0 Å². The average molecular weight is 226 g/mol. The second-order valence-corrected chi connectivity index (χ2v) is 6.36. The Labute approximate surface area is 101 Å². The van der Waals surface area contributed by atoms with Crippen LogP contribution in [-0.4, -0.2) is 18.1 Å². The largest absolute Gasteiger partial charge is 0.326 e. The molecular formula is C14H30N2. The fraction of sp³-hybridized carbons (Fsp3) is 1.00. The number of hydrogen-bond acceptors (Lipinski definition) is 2. The van der Waals surface area contributed by atoms with Crippen LogP contribution in [0.2, 0.25) is 0 Å². The van der Waals surface area contributed by atoms with E-state index in [9.17, 15) is 0 Å². The fourth-order valence-electron chi connectivity index (χ4n) is 2.54. The fourth-order valence-corrected chi connectivity index (χ4v) is 2.54. The zero-order valence-corrected chi connectivity index (χ0v) is 11.4. The Kier molecular flexibility index (Phi) is 5.77. The first-order valence-electron chi connectivity index (χ1n) is 6.99. The third kappa shape index (κ3) is 6.49. The Morgan fingerprint density at radius 3 is 2.62 bits per heavy atom. The normalized spacial score (nSPS) is 27.8. The van der Waals surface area contributed by atoms with Gasteiger partial charge >= 0.3 is 0 Å². The molecule has 0 aliphatic heterocycles. The summed E-state index contributed by atoms with van der Waals surface area (Å²) in [4.78, 5) is 0. The van der Waals surface area contributed by atoms with Gasteiger partial charge in [0, 0.05) is 11.6 Å². The summed E-state index contributed by atoms with van der Waals surface area (Å²) in [6.45, 7) is 7.75. The molecule has 0 saturated heterocycles. The van der Waals surface area contributed by atoms with Crippen molar-refractivity contribution in [2.75, 3.05) is 6.54 Å². The molecule has 1 aliphatic carbocycles. The van der Waals surface area contributed by atoms with Gasteiger partial charge in [-0.2, -0.15) is 0 Å². The van der Waals surface area contributed by atoms with E-state index in [0.29, 0.717) is 0 Å². The monoisotopic (exact) mass is 226 g/mol. The summed E-state index contributed by atoms with van der Waals surface area (Å²) in [6, 6.07) is 0.769. The van der Waals surface area contributed by atoms with Crippen LogP contribution in [0.15, 0.2) is 0 Å². The number of nitrogens with one attached hydrogen (secondary N) is 1. The van der Waals surface area contributed by atoms with E-state index in [1.807, 2.05) is 0 Å². The molecule has 0 bridgehead atoms. The van der Waals surface area contributed by atoms with Gasteiger partial charge in [-0.25, -0.2) is 0 Å².